The fourth-order valence-corrected chi connectivity index (χ4v) is 5.77. The molecule has 0 amide bonds. The van der Waals surface area contributed by atoms with Gasteiger partial charge in [0.05, 0.1) is 0 Å². The van der Waals surface area contributed by atoms with Crippen molar-refractivity contribution in [1.29, 1.82) is 0 Å². The molecule has 2 heteroatoms. The van der Waals surface area contributed by atoms with Crippen LogP contribution in [0.2, 0.25) is 0 Å². The summed E-state index contributed by atoms with van der Waals surface area (Å²) in [4.78, 5) is 11.3. The quantitative estimate of drug-likeness (QED) is 0.0832. The number of carbonyl (C=O) groups excluding carboxylic acids is 1. The highest BCUT2D eigenvalue weighted by atomic mass is 16.1. The molecule has 0 aromatic rings. The monoisotopic (exact) mass is 536 g/mol. The summed E-state index contributed by atoms with van der Waals surface area (Å²) in [5, 5.41) is 0. The summed E-state index contributed by atoms with van der Waals surface area (Å²) in [6.45, 7) is 2.85. The van der Waals surface area contributed by atoms with Gasteiger partial charge < -0.3 is 5.73 Å². The van der Waals surface area contributed by atoms with Crippen molar-refractivity contribution in [2.75, 3.05) is 6.54 Å². The van der Waals surface area contributed by atoms with Crippen molar-refractivity contribution in [3.8, 4) is 0 Å². The Kier molecular flexibility index (Phi) is 34.3. The van der Waals surface area contributed by atoms with Crippen LogP contribution >= 0.6 is 0 Å². The van der Waals surface area contributed by atoms with E-state index in [2.05, 4.69) is 0 Å². The molecule has 0 radical (unpaired) electrons. The predicted octanol–water partition coefficient (Wildman–Crippen LogP) is 12.4. The Balaban J connectivity index is 3.03. The molecular weight excluding hydrogens is 462 g/mol. The van der Waals surface area contributed by atoms with Crippen LogP contribution in [0.1, 0.15) is 219 Å². The third-order valence-corrected chi connectivity index (χ3v) is 8.55. The molecule has 0 aliphatic rings. The van der Waals surface area contributed by atoms with E-state index in [4.69, 9.17) is 5.73 Å². The first-order valence-electron chi connectivity index (χ1n) is 18.0. The molecule has 38 heavy (non-hydrogen) atoms. The zero-order valence-electron chi connectivity index (χ0n) is 26.5. The molecule has 0 aliphatic heterocycles. The average molecular weight is 536 g/mol. The van der Waals surface area contributed by atoms with Gasteiger partial charge in [0.1, 0.15) is 5.78 Å². The fourth-order valence-electron chi connectivity index (χ4n) is 5.77. The third kappa shape index (κ3) is 33.7. The van der Waals surface area contributed by atoms with E-state index in [9.17, 15) is 4.79 Å². The first kappa shape index (κ1) is 37.6. The average Bonchev–Trinajstić information content (AvgIpc) is 2.93. The molecule has 0 aromatic carbocycles. The minimum absolute atomic E-state index is 0.439. The normalized spacial score (nSPS) is 11.4. The maximum Gasteiger partial charge on any atom is 0.132 e. The Morgan fingerprint density at radius 2 is 0.526 bits per heavy atom. The predicted molar refractivity (Wildman–Crippen MR) is 172 cm³/mol. The van der Waals surface area contributed by atoms with E-state index in [0.717, 1.165) is 25.8 Å². The molecule has 0 bridgehead atoms. The Morgan fingerprint density at radius 3 is 0.711 bits per heavy atom. The molecule has 0 fully saturated rings. The van der Waals surface area contributed by atoms with Crippen LogP contribution in [0.5, 0.6) is 0 Å². The SMILES string of the molecule is CCC(=O)CCCCCCCCCCCCCCCCCCCCCCCCCCCCCCCCCN. The van der Waals surface area contributed by atoms with Gasteiger partial charge in [-0.2, -0.15) is 0 Å². The van der Waals surface area contributed by atoms with Gasteiger partial charge in [-0.25, -0.2) is 0 Å². The lowest BCUT2D eigenvalue weighted by Crippen LogP contribution is -1.97. The molecular formula is C36H73NO. The highest BCUT2D eigenvalue weighted by Gasteiger charge is 1.99. The van der Waals surface area contributed by atoms with Gasteiger partial charge >= 0.3 is 0 Å². The van der Waals surface area contributed by atoms with Crippen molar-refractivity contribution in [1.82, 2.24) is 0 Å². The van der Waals surface area contributed by atoms with Crippen LogP contribution in [0.25, 0.3) is 0 Å². The smallest absolute Gasteiger partial charge is 0.132 e. The third-order valence-electron chi connectivity index (χ3n) is 8.55. The first-order chi connectivity index (χ1) is 18.8. The summed E-state index contributed by atoms with van der Waals surface area (Å²) in [6.07, 6.45) is 45.6. The van der Waals surface area contributed by atoms with Crippen molar-refractivity contribution >= 4 is 5.78 Å². The minimum Gasteiger partial charge on any atom is -0.330 e. The number of carbonyl (C=O) groups is 1. The molecule has 0 heterocycles. The van der Waals surface area contributed by atoms with Gasteiger partial charge in [0.25, 0.3) is 0 Å². The highest BCUT2D eigenvalue weighted by molar-refractivity contribution is 5.77. The van der Waals surface area contributed by atoms with Gasteiger partial charge in [-0.15, -0.1) is 0 Å². The Hall–Kier alpha value is -0.370. The largest absolute Gasteiger partial charge is 0.330 e. The van der Waals surface area contributed by atoms with E-state index in [1.807, 2.05) is 6.92 Å². The van der Waals surface area contributed by atoms with Gasteiger partial charge in [-0.3, -0.25) is 4.79 Å². The van der Waals surface area contributed by atoms with Crippen LogP contribution in [-0.2, 0) is 4.79 Å². The van der Waals surface area contributed by atoms with E-state index >= 15 is 0 Å². The van der Waals surface area contributed by atoms with E-state index in [1.54, 1.807) is 0 Å². The highest BCUT2D eigenvalue weighted by Crippen LogP contribution is 2.16. The molecule has 0 saturated heterocycles. The van der Waals surface area contributed by atoms with Crippen LogP contribution in [0.3, 0.4) is 0 Å². The second kappa shape index (κ2) is 34.7. The second-order valence-electron chi connectivity index (χ2n) is 12.4. The maximum absolute atomic E-state index is 11.3. The molecule has 0 atom stereocenters. The van der Waals surface area contributed by atoms with E-state index < -0.39 is 0 Å². The summed E-state index contributed by atoms with van der Waals surface area (Å²) >= 11 is 0. The van der Waals surface area contributed by atoms with Crippen LogP contribution in [0.15, 0.2) is 0 Å². The zero-order chi connectivity index (χ0) is 27.6. The lowest BCUT2D eigenvalue weighted by Gasteiger charge is -2.05. The van der Waals surface area contributed by atoms with Crippen molar-refractivity contribution in [2.45, 2.75) is 219 Å². The number of hydrogen-bond donors (Lipinski definition) is 1. The van der Waals surface area contributed by atoms with E-state index in [1.165, 1.54) is 193 Å². The first-order valence-corrected chi connectivity index (χ1v) is 18.0. The van der Waals surface area contributed by atoms with Crippen LogP contribution in [0, 0.1) is 0 Å². The number of nitrogens with two attached hydrogens (primary N) is 1. The standard InChI is InChI=1S/C36H73NO/c1-2-36(38)34-32-30-28-26-24-22-20-18-16-14-12-10-8-6-4-3-5-7-9-11-13-15-17-19-21-23-25-27-29-31-33-35-37/h2-35,37H2,1H3. The molecule has 0 aliphatic carbocycles. The van der Waals surface area contributed by atoms with E-state index in [0.29, 0.717) is 5.78 Å². The molecule has 2 N–H and O–H groups in total. The lowest BCUT2D eigenvalue weighted by molar-refractivity contribution is -0.118. The van der Waals surface area contributed by atoms with Gasteiger partial charge in [-0.1, -0.05) is 193 Å². The Morgan fingerprint density at radius 1 is 0.342 bits per heavy atom. The summed E-state index contributed by atoms with van der Waals surface area (Å²) in [7, 11) is 0. The van der Waals surface area contributed by atoms with Crippen molar-refractivity contribution in [2.24, 2.45) is 5.73 Å². The van der Waals surface area contributed by atoms with E-state index in [-0.39, 0.29) is 0 Å². The summed E-state index contributed by atoms with van der Waals surface area (Å²) < 4.78 is 0. The number of Topliss-reactive ketones (excluding diaryl/α,β-unsaturated/α-hetero) is 1. The lowest BCUT2D eigenvalue weighted by atomic mass is 10.0. The fraction of sp³-hybridized carbons (Fsp3) is 0.972. The van der Waals surface area contributed by atoms with Crippen LogP contribution < -0.4 is 5.73 Å². The van der Waals surface area contributed by atoms with Gasteiger partial charge in [0, 0.05) is 12.8 Å². The molecule has 0 aromatic heterocycles. The van der Waals surface area contributed by atoms with Crippen molar-refractivity contribution in [3.05, 3.63) is 0 Å². The number of ketones is 1. The molecule has 0 rings (SSSR count). The Bertz CT molecular complexity index is 435. The summed E-state index contributed by atoms with van der Waals surface area (Å²) in [5.41, 5.74) is 5.54. The molecule has 0 spiro atoms. The van der Waals surface area contributed by atoms with Gasteiger partial charge in [-0.05, 0) is 19.4 Å². The second-order valence-corrected chi connectivity index (χ2v) is 12.4. The molecule has 0 saturated carbocycles. The Labute approximate surface area is 241 Å². The number of hydrogen-bond acceptors (Lipinski definition) is 2. The summed E-state index contributed by atoms with van der Waals surface area (Å²) in [5.74, 6) is 0.439. The topological polar surface area (TPSA) is 43.1 Å². The zero-order valence-corrected chi connectivity index (χ0v) is 26.5. The van der Waals surface area contributed by atoms with Crippen molar-refractivity contribution in [3.63, 3.8) is 0 Å². The molecule has 228 valence electrons. The minimum atomic E-state index is 0.439. The van der Waals surface area contributed by atoms with Gasteiger partial charge in [0.15, 0.2) is 0 Å². The van der Waals surface area contributed by atoms with Gasteiger partial charge in [0.2, 0.25) is 0 Å². The molecule has 2 nitrogen and oxygen atoms in total. The van der Waals surface area contributed by atoms with Crippen LogP contribution in [-0.4, -0.2) is 12.3 Å². The molecule has 0 unspecified atom stereocenters. The van der Waals surface area contributed by atoms with Crippen LogP contribution in [0.4, 0.5) is 0 Å². The number of rotatable bonds is 34. The number of unbranched alkanes of at least 4 members (excludes halogenated alkanes) is 30. The van der Waals surface area contributed by atoms with Crippen molar-refractivity contribution < 1.29 is 4.79 Å². The maximum atomic E-state index is 11.3. The summed E-state index contributed by atoms with van der Waals surface area (Å²) in [6, 6.07) is 0.